The number of rotatable bonds is 18. The Kier molecular flexibility index (Phi) is 13.5. The summed E-state index contributed by atoms with van der Waals surface area (Å²) in [6.45, 7) is 5.62. The molecule has 3 amide bonds. The molecule has 5 N–H and O–H groups in total. The van der Waals surface area contributed by atoms with Crippen molar-refractivity contribution in [3.63, 3.8) is 0 Å². The number of likely N-dealkylation sites (N-methyl/N-ethyl adjacent to an activating group) is 1. The number of amides is 3. The largest absolute Gasteiger partial charge is 0.481 e. The van der Waals surface area contributed by atoms with Crippen LogP contribution in [0.2, 0.25) is 0 Å². The smallest absolute Gasteiger partial charge is 0.335 e. The Morgan fingerprint density at radius 1 is 0.709 bits per heavy atom. The van der Waals surface area contributed by atoms with Gasteiger partial charge in [-0.15, -0.1) is 0 Å². The van der Waals surface area contributed by atoms with Crippen LogP contribution in [-0.4, -0.2) is 80.8 Å². The predicted molar refractivity (Wildman–Crippen MR) is 213 cm³/mol. The number of aryl methyl sites for hydroxylation is 2. The van der Waals surface area contributed by atoms with Gasteiger partial charge >= 0.3 is 11.9 Å². The number of aliphatic carboxylic acids is 1. The van der Waals surface area contributed by atoms with E-state index in [1.54, 1.807) is 30.1 Å². The number of carboxylic acids is 2. The average Bonchev–Trinajstić information content (AvgIpc) is 3.54. The molecule has 0 aliphatic carbocycles. The van der Waals surface area contributed by atoms with E-state index < -0.39 is 11.9 Å². The summed E-state index contributed by atoms with van der Waals surface area (Å²) in [5.41, 5.74) is 5.38. The lowest BCUT2D eigenvalue weighted by molar-refractivity contribution is -0.140. The molecule has 0 saturated heterocycles. The van der Waals surface area contributed by atoms with Gasteiger partial charge in [-0.25, -0.2) is 4.79 Å². The van der Waals surface area contributed by atoms with Crippen LogP contribution in [0, 0.1) is 0 Å². The first-order chi connectivity index (χ1) is 26.4. The maximum atomic E-state index is 13.8. The molecule has 0 spiro atoms. The van der Waals surface area contributed by atoms with Gasteiger partial charge in [-0.3, -0.25) is 24.1 Å². The number of nitrogens with one attached hydrogen (secondary N) is 3. The van der Waals surface area contributed by atoms with Gasteiger partial charge in [0.1, 0.15) is 5.82 Å². The Morgan fingerprint density at radius 3 is 2.04 bits per heavy atom. The number of aromatic amines is 1. The van der Waals surface area contributed by atoms with E-state index in [9.17, 15) is 24.0 Å². The lowest BCUT2D eigenvalue weighted by Crippen LogP contribution is -2.39. The molecule has 4 aromatic carbocycles. The summed E-state index contributed by atoms with van der Waals surface area (Å²) in [5, 5.41) is 24.6. The fourth-order valence-electron chi connectivity index (χ4n) is 6.29. The molecule has 0 aliphatic heterocycles. The molecule has 5 aromatic rings. The topological polar surface area (TPSA) is 172 Å². The van der Waals surface area contributed by atoms with E-state index in [0.29, 0.717) is 47.4 Å². The molecule has 0 bridgehead atoms. The minimum atomic E-state index is -1.00. The minimum absolute atomic E-state index is 0.0459. The number of hydrogen-bond donors (Lipinski definition) is 5. The number of para-hydroxylation sites is 1. The van der Waals surface area contributed by atoms with Crippen LogP contribution < -0.4 is 10.6 Å². The monoisotopic (exact) mass is 745 g/mol. The quantitative estimate of drug-likeness (QED) is 0.0633. The van der Waals surface area contributed by atoms with Gasteiger partial charge in [0.25, 0.3) is 11.8 Å². The Labute approximate surface area is 320 Å². The number of anilines is 2. The standard InChI is InChI=1S/C43H47N5O7/c1-28(2)48(25-24-47(3)37(49)22-23-38(50)51)27-31-10-7-11-33(26-31)41(52)46-40-39(35-12-4-5-13-36(35)45-40)42(53)44-34-20-16-30(17-21-34)9-6-8-29-14-18-32(19-15-29)43(54)55/h4-5,7,10-21,26,28,45H,6,8-9,22-25,27H2,1-3H3,(H,44,53)(H,46,52)(H,50,51)(H,54,55). The van der Waals surface area contributed by atoms with Crippen LogP contribution in [0.1, 0.15) is 80.9 Å². The molecular formula is C43H47N5O7. The number of carbonyl (C=O) groups excluding carboxylic acids is 3. The molecule has 55 heavy (non-hydrogen) atoms. The van der Waals surface area contributed by atoms with Gasteiger partial charge in [-0.2, -0.15) is 0 Å². The van der Waals surface area contributed by atoms with Crippen LogP contribution in [0.3, 0.4) is 0 Å². The number of hydrogen-bond acceptors (Lipinski definition) is 6. The summed E-state index contributed by atoms with van der Waals surface area (Å²) in [6, 6.07) is 29.3. The van der Waals surface area contributed by atoms with Crippen molar-refractivity contribution in [2.24, 2.45) is 0 Å². The summed E-state index contributed by atoms with van der Waals surface area (Å²) in [6.07, 6.45) is 2.26. The van der Waals surface area contributed by atoms with E-state index in [0.717, 1.165) is 36.0 Å². The minimum Gasteiger partial charge on any atom is -0.481 e. The number of carbonyl (C=O) groups is 5. The van der Waals surface area contributed by atoms with Crippen LogP contribution in [0.4, 0.5) is 11.5 Å². The van der Waals surface area contributed by atoms with E-state index in [-0.39, 0.29) is 48.0 Å². The van der Waals surface area contributed by atoms with Crippen molar-refractivity contribution in [1.82, 2.24) is 14.8 Å². The van der Waals surface area contributed by atoms with Gasteiger partial charge in [0, 0.05) is 61.3 Å². The zero-order valence-electron chi connectivity index (χ0n) is 31.3. The molecule has 12 heteroatoms. The molecule has 1 aromatic heterocycles. The maximum Gasteiger partial charge on any atom is 0.335 e. The number of aromatic nitrogens is 1. The van der Waals surface area contributed by atoms with Crippen molar-refractivity contribution >= 4 is 52.1 Å². The zero-order valence-corrected chi connectivity index (χ0v) is 31.3. The van der Waals surface area contributed by atoms with Crippen molar-refractivity contribution in [2.75, 3.05) is 30.8 Å². The number of nitrogens with zero attached hydrogens (tertiary/aromatic N) is 2. The lowest BCUT2D eigenvalue weighted by atomic mass is 10.0. The van der Waals surface area contributed by atoms with Crippen molar-refractivity contribution in [3.8, 4) is 0 Å². The first kappa shape index (κ1) is 39.9. The van der Waals surface area contributed by atoms with Crippen LogP contribution in [0.25, 0.3) is 10.9 Å². The summed E-state index contributed by atoms with van der Waals surface area (Å²) in [4.78, 5) is 68.7. The number of fused-ring (bicyclic) bond motifs is 1. The van der Waals surface area contributed by atoms with Crippen molar-refractivity contribution < 1.29 is 34.2 Å². The Morgan fingerprint density at radius 2 is 1.38 bits per heavy atom. The van der Waals surface area contributed by atoms with Crippen molar-refractivity contribution in [3.05, 3.63) is 130 Å². The van der Waals surface area contributed by atoms with Gasteiger partial charge in [0.15, 0.2) is 0 Å². The fourth-order valence-corrected chi connectivity index (χ4v) is 6.29. The Balaban J connectivity index is 1.22. The van der Waals surface area contributed by atoms with E-state index in [2.05, 4.69) is 34.4 Å². The molecule has 5 rings (SSSR count). The first-order valence-corrected chi connectivity index (χ1v) is 18.3. The normalized spacial score (nSPS) is 11.1. The molecular weight excluding hydrogens is 699 g/mol. The van der Waals surface area contributed by atoms with Gasteiger partial charge in [-0.05, 0) is 92.3 Å². The first-order valence-electron chi connectivity index (χ1n) is 18.3. The fraction of sp³-hybridized carbons (Fsp3) is 0.279. The summed E-state index contributed by atoms with van der Waals surface area (Å²) in [5.74, 6) is -2.65. The second-order valence-corrected chi connectivity index (χ2v) is 13.9. The van der Waals surface area contributed by atoms with Crippen molar-refractivity contribution in [1.29, 1.82) is 0 Å². The molecule has 0 aliphatic rings. The Bertz CT molecular complexity index is 2140. The third-order valence-electron chi connectivity index (χ3n) is 9.52. The third kappa shape index (κ3) is 11.1. The number of carboxylic acid groups (broad SMARTS) is 2. The predicted octanol–water partition coefficient (Wildman–Crippen LogP) is 7.08. The highest BCUT2D eigenvalue weighted by atomic mass is 16.4. The number of benzene rings is 4. The molecule has 0 saturated carbocycles. The van der Waals surface area contributed by atoms with Crippen LogP contribution in [0.15, 0.2) is 97.1 Å². The summed E-state index contributed by atoms with van der Waals surface area (Å²) >= 11 is 0. The highest BCUT2D eigenvalue weighted by molar-refractivity contribution is 6.19. The molecule has 0 fully saturated rings. The number of H-pyrrole nitrogens is 1. The van der Waals surface area contributed by atoms with E-state index in [4.69, 9.17) is 10.2 Å². The van der Waals surface area contributed by atoms with Crippen molar-refractivity contribution in [2.45, 2.75) is 58.5 Å². The summed E-state index contributed by atoms with van der Waals surface area (Å²) < 4.78 is 0. The average molecular weight is 746 g/mol. The molecule has 12 nitrogen and oxygen atoms in total. The van der Waals surface area contributed by atoms with Gasteiger partial charge in [0.2, 0.25) is 5.91 Å². The van der Waals surface area contributed by atoms with Gasteiger partial charge in [-0.1, -0.05) is 54.6 Å². The number of aromatic carboxylic acids is 1. The highest BCUT2D eigenvalue weighted by Crippen LogP contribution is 2.28. The highest BCUT2D eigenvalue weighted by Gasteiger charge is 2.22. The van der Waals surface area contributed by atoms with Crippen LogP contribution in [0.5, 0.6) is 0 Å². The second kappa shape index (κ2) is 18.7. The van der Waals surface area contributed by atoms with E-state index in [1.165, 1.54) is 0 Å². The van der Waals surface area contributed by atoms with Gasteiger partial charge < -0.3 is 30.7 Å². The third-order valence-corrected chi connectivity index (χ3v) is 9.52. The molecule has 1 heterocycles. The van der Waals surface area contributed by atoms with Crippen LogP contribution >= 0.6 is 0 Å². The lowest BCUT2D eigenvalue weighted by Gasteiger charge is -2.29. The molecule has 0 atom stereocenters. The van der Waals surface area contributed by atoms with Crippen LogP contribution in [-0.2, 0) is 29.0 Å². The SMILES string of the molecule is CC(C)N(CCN(C)C(=O)CCC(=O)O)Cc1cccc(C(=O)Nc2[nH]c3ccccc3c2C(=O)Nc2ccc(CCCc3ccc(C(=O)O)cc3)cc2)c1. The zero-order chi connectivity index (χ0) is 39.5. The molecule has 286 valence electrons. The Hall–Kier alpha value is -6.27. The maximum absolute atomic E-state index is 13.8. The second-order valence-electron chi connectivity index (χ2n) is 13.9. The van der Waals surface area contributed by atoms with E-state index >= 15 is 0 Å². The summed E-state index contributed by atoms with van der Waals surface area (Å²) in [7, 11) is 1.67. The molecule has 0 unspecified atom stereocenters. The molecule has 0 radical (unpaired) electrons. The van der Waals surface area contributed by atoms with Gasteiger partial charge in [0.05, 0.1) is 17.5 Å². The van der Waals surface area contributed by atoms with E-state index in [1.807, 2.05) is 78.9 Å².